The maximum absolute atomic E-state index is 9.65. The first kappa shape index (κ1) is 8.21. The summed E-state index contributed by atoms with van der Waals surface area (Å²) < 4.78 is 4.47. The molecule has 2 heteroatoms. The van der Waals surface area contributed by atoms with E-state index in [0.29, 0.717) is 5.76 Å². The van der Waals surface area contributed by atoms with Gasteiger partial charge in [0.15, 0.2) is 0 Å². The Morgan fingerprint density at radius 2 is 2.11 bits per heavy atom. The molecule has 0 saturated carbocycles. The monoisotopic (exact) mass is 127 g/mol. The molecule has 0 saturated heterocycles. The summed E-state index contributed by atoms with van der Waals surface area (Å²) >= 11 is 0. The van der Waals surface area contributed by atoms with Gasteiger partial charge in [-0.3, -0.25) is 0 Å². The average molecular weight is 127 g/mol. The summed E-state index contributed by atoms with van der Waals surface area (Å²) in [5.41, 5.74) is 1.08. The summed E-state index contributed by atoms with van der Waals surface area (Å²) in [6, 6.07) is 0. The lowest BCUT2D eigenvalue weighted by atomic mass is 10.2. The van der Waals surface area contributed by atoms with E-state index in [9.17, 15) is 4.79 Å². The maximum Gasteiger partial charge on any atom is 0.422 e. The van der Waals surface area contributed by atoms with E-state index in [0.717, 1.165) is 12.0 Å². The van der Waals surface area contributed by atoms with Crippen molar-refractivity contribution in [3.63, 3.8) is 0 Å². The van der Waals surface area contributed by atoms with Gasteiger partial charge in [-0.05, 0) is 25.8 Å². The fourth-order valence-corrected chi connectivity index (χ4v) is 0.399. The summed E-state index contributed by atoms with van der Waals surface area (Å²) in [6.45, 7) is 7.06. The molecule has 1 radical (unpaired) electrons. The van der Waals surface area contributed by atoms with E-state index in [-0.39, 0.29) is 0 Å². The molecule has 0 N–H and O–H groups in total. The van der Waals surface area contributed by atoms with Gasteiger partial charge in [-0.25, -0.2) is 4.79 Å². The molecule has 0 atom stereocenters. The third kappa shape index (κ3) is 2.90. The zero-order chi connectivity index (χ0) is 7.28. The molecule has 0 aliphatic carbocycles. The van der Waals surface area contributed by atoms with E-state index in [1.165, 1.54) is 6.47 Å². The van der Waals surface area contributed by atoms with Crippen LogP contribution in [0, 0.1) is 0 Å². The van der Waals surface area contributed by atoms with Crippen molar-refractivity contribution in [3.8, 4) is 0 Å². The van der Waals surface area contributed by atoms with Crippen LogP contribution in [-0.4, -0.2) is 6.47 Å². The summed E-state index contributed by atoms with van der Waals surface area (Å²) in [6.07, 6.45) is 0.910. The Morgan fingerprint density at radius 1 is 1.56 bits per heavy atom. The first-order valence-electron chi connectivity index (χ1n) is 2.92. The van der Waals surface area contributed by atoms with Crippen LogP contribution in [0.3, 0.4) is 0 Å². The van der Waals surface area contributed by atoms with Gasteiger partial charge in [-0.15, -0.1) is 0 Å². The summed E-state index contributed by atoms with van der Waals surface area (Å²) in [5, 5.41) is 0. The number of carbonyl (C=O) groups excluding carboxylic acids is 1. The third-order valence-electron chi connectivity index (χ3n) is 1.33. The lowest BCUT2D eigenvalue weighted by molar-refractivity contribution is 0.358. The van der Waals surface area contributed by atoms with Gasteiger partial charge in [-0.2, -0.15) is 0 Å². The number of allylic oxidation sites excluding steroid dienone is 2. The quantitative estimate of drug-likeness (QED) is 0.540. The second-order valence-electron chi connectivity index (χ2n) is 1.88. The molecule has 0 fully saturated rings. The predicted molar refractivity (Wildman–Crippen MR) is 35.4 cm³/mol. The molecule has 0 amide bonds. The molecule has 0 heterocycles. The smallest absolute Gasteiger partial charge is 0.422 e. The normalized spacial score (nSPS) is 12.3. The number of hydrogen-bond donors (Lipinski definition) is 0. The van der Waals surface area contributed by atoms with Crippen molar-refractivity contribution in [1.82, 2.24) is 0 Å². The van der Waals surface area contributed by atoms with Crippen LogP contribution < -0.4 is 0 Å². The van der Waals surface area contributed by atoms with Crippen molar-refractivity contribution in [2.45, 2.75) is 27.2 Å². The largest absolute Gasteiger partial charge is 0.423 e. The molecule has 0 aliphatic rings. The molecule has 0 bridgehead atoms. The Bertz CT molecular complexity index is 125. The highest BCUT2D eigenvalue weighted by atomic mass is 16.5. The SMILES string of the molecule is CCC(C)=C(C)O[C]=O. The summed E-state index contributed by atoms with van der Waals surface area (Å²) in [7, 11) is 0. The van der Waals surface area contributed by atoms with Gasteiger partial charge in [0.1, 0.15) is 5.76 Å². The van der Waals surface area contributed by atoms with Crippen LogP contribution in [-0.2, 0) is 9.53 Å². The molecule has 9 heavy (non-hydrogen) atoms. The zero-order valence-corrected chi connectivity index (χ0v) is 6.02. The first-order valence-corrected chi connectivity index (χ1v) is 2.92. The Balaban J connectivity index is 3.92. The zero-order valence-electron chi connectivity index (χ0n) is 6.02. The number of rotatable bonds is 3. The summed E-state index contributed by atoms with van der Waals surface area (Å²) in [4.78, 5) is 9.65. The minimum Gasteiger partial charge on any atom is -0.423 e. The van der Waals surface area contributed by atoms with Crippen molar-refractivity contribution >= 4 is 6.47 Å². The van der Waals surface area contributed by atoms with Gasteiger partial charge < -0.3 is 4.74 Å². The van der Waals surface area contributed by atoms with Gasteiger partial charge in [0.05, 0.1) is 0 Å². The lowest BCUT2D eigenvalue weighted by Crippen LogP contribution is -1.87. The molecule has 2 nitrogen and oxygen atoms in total. The molecular weight excluding hydrogens is 116 g/mol. The highest BCUT2D eigenvalue weighted by Gasteiger charge is 1.93. The average Bonchev–Trinajstić information content (AvgIpc) is 1.87. The van der Waals surface area contributed by atoms with Crippen molar-refractivity contribution < 1.29 is 9.53 Å². The van der Waals surface area contributed by atoms with Gasteiger partial charge in [0.25, 0.3) is 0 Å². The molecule has 0 aromatic carbocycles. The standard InChI is InChI=1S/C7H11O2/c1-4-6(2)7(3)9-5-8/h4H2,1-3H3. The van der Waals surface area contributed by atoms with Gasteiger partial charge in [0.2, 0.25) is 0 Å². The van der Waals surface area contributed by atoms with E-state index in [1.807, 2.05) is 13.8 Å². The third-order valence-corrected chi connectivity index (χ3v) is 1.33. The molecule has 51 valence electrons. The number of ether oxygens (including phenoxy) is 1. The van der Waals surface area contributed by atoms with E-state index < -0.39 is 0 Å². The van der Waals surface area contributed by atoms with Crippen molar-refractivity contribution in [1.29, 1.82) is 0 Å². The molecular formula is C7H11O2. The fourth-order valence-electron chi connectivity index (χ4n) is 0.399. The Labute approximate surface area is 55.5 Å². The molecule has 0 spiro atoms. The van der Waals surface area contributed by atoms with Gasteiger partial charge >= 0.3 is 6.47 Å². The Kier molecular flexibility index (Phi) is 3.76. The van der Waals surface area contributed by atoms with Crippen LogP contribution in [0.15, 0.2) is 11.3 Å². The Hall–Kier alpha value is -0.790. The van der Waals surface area contributed by atoms with Crippen LogP contribution >= 0.6 is 0 Å². The van der Waals surface area contributed by atoms with Crippen molar-refractivity contribution in [2.75, 3.05) is 0 Å². The summed E-state index contributed by atoms with van der Waals surface area (Å²) in [5.74, 6) is 0.660. The van der Waals surface area contributed by atoms with Crippen molar-refractivity contribution in [2.24, 2.45) is 0 Å². The van der Waals surface area contributed by atoms with Crippen LogP contribution in [0.4, 0.5) is 0 Å². The van der Waals surface area contributed by atoms with Crippen LogP contribution in [0.5, 0.6) is 0 Å². The van der Waals surface area contributed by atoms with E-state index in [4.69, 9.17) is 0 Å². The lowest BCUT2D eigenvalue weighted by Gasteiger charge is -1.99. The first-order chi connectivity index (χ1) is 4.22. The highest BCUT2D eigenvalue weighted by Crippen LogP contribution is 2.06. The van der Waals surface area contributed by atoms with Crippen molar-refractivity contribution in [3.05, 3.63) is 11.3 Å². The van der Waals surface area contributed by atoms with Crippen LogP contribution in [0.1, 0.15) is 27.2 Å². The number of hydrogen-bond acceptors (Lipinski definition) is 2. The second kappa shape index (κ2) is 4.13. The topological polar surface area (TPSA) is 26.3 Å². The van der Waals surface area contributed by atoms with Gasteiger partial charge in [-0.1, -0.05) is 6.92 Å². The molecule has 0 aromatic heterocycles. The molecule has 0 aliphatic heterocycles. The van der Waals surface area contributed by atoms with Crippen LogP contribution in [0.25, 0.3) is 0 Å². The highest BCUT2D eigenvalue weighted by molar-refractivity contribution is 5.41. The molecule has 0 rings (SSSR count). The van der Waals surface area contributed by atoms with Gasteiger partial charge in [0, 0.05) is 0 Å². The Morgan fingerprint density at radius 3 is 2.44 bits per heavy atom. The minimum atomic E-state index is 0.660. The second-order valence-corrected chi connectivity index (χ2v) is 1.88. The van der Waals surface area contributed by atoms with E-state index in [2.05, 4.69) is 4.74 Å². The van der Waals surface area contributed by atoms with E-state index in [1.54, 1.807) is 6.92 Å². The van der Waals surface area contributed by atoms with Crippen LogP contribution in [0.2, 0.25) is 0 Å². The molecule has 0 aromatic rings. The maximum atomic E-state index is 9.65. The predicted octanol–water partition coefficient (Wildman–Crippen LogP) is 1.77. The molecule has 0 unspecified atom stereocenters. The van der Waals surface area contributed by atoms with E-state index >= 15 is 0 Å². The fraction of sp³-hybridized carbons (Fsp3) is 0.571. The minimum absolute atomic E-state index is 0.660.